The lowest BCUT2D eigenvalue weighted by Gasteiger charge is -2.33. The molecule has 3 atom stereocenters. The minimum Gasteiger partial charge on any atom is -0.341 e. The summed E-state index contributed by atoms with van der Waals surface area (Å²) in [5.74, 6) is 1.64. The summed E-state index contributed by atoms with van der Waals surface area (Å²) in [5, 5.41) is 3.40. The number of carbonyl (C=O) groups is 1. The van der Waals surface area contributed by atoms with Crippen LogP contribution >= 0.6 is 0 Å². The predicted molar refractivity (Wildman–Crippen MR) is 76.5 cm³/mol. The van der Waals surface area contributed by atoms with Gasteiger partial charge in [-0.25, -0.2) is 0 Å². The minimum atomic E-state index is 0.0627. The van der Waals surface area contributed by atoms with Crippen molar-refractivity contribution in [3.63, 3.8) is 0 Å². The monoisotopic (exact) mass is 254 g/mol. The van der Waals surface area contributed by atoms with Crippen molar-refractivity contribution in [1.82, 2.24) is 10.2 Å². The zero-order chi connectivity index (χ0) is 13.5. The zero-order valence-electron chi connectivity index (χ0n) is 12.5. The average Bonchev–Trinajstić information content (AvgIpc) is 2.43. The maximum absolute atomic E-state index is 12.5. The first-order valence-corrected chi connectivity index (χ1v) is 7.64. The Kier molecular flexibility index (Phi) is 6.69. The highest BCUT2D eigenvalue weighted by molar-refractivity contribution is 5.82. The highest BCUT2D eigenvalue weighted by atomic mass is 16.2. The van der Waals surface area contributed by atoms with E-state index in [0.29, 0.717) is 11.8 Å². The van der Waals surface area contributed by atoms with Crippen LogP contribution in [0.25, 0.3) is 0 Å². The van der Waals surface area contributed by atoms with Crippen LogP contribution in [-0.4, -0.2) is 36.5 Å². The molecule has 1 aliphatic heterocycles. The first-order valence-electron chi connectivity index (χ1n) is 7.64. The van der Waals surface area contributed by atoms with E-state index in [-0.39, 0.29) is 6.04 Å². The van der Waals surface area contributed by atoms with Gasteiger partial charge in [-0.1, -0.05) is 33.6 Å². The molecule has 1 saturated heterocycles. The molecule has 1 aliphatic rings. The summed E-state index contributed by atoms with van der Waals surface area (Å²) >= 11 is 0. The fourth-order valence-corrected chi connectivity index (χ4v) is 2.66. The zero-order valence-corrected chi connectivity index (χ0v) is 12.5. The van der Waals surface area contributed by atoms with E-state index < -0.39 is 0 Å². The van der Waals surface area contributed by atoms with Gasteiger partial charge in [0.2, 0.25) is 5.91 Å². The lowest BCUT2D eigenvalue weighted by molar-refractivity contribution is -0.134. The second-order valence-electron chi connectivity index (χ2n) is 5.70. The molecule has 0 spiro atoms. The van der Waals surface area contributed by atoms with Crippen molar-refractivity contribution in [3.05, 3.63) is 0 Å². The third kappa shape index (κ3) is 4.27. The largest absolute Gasteiger partial charge is 0.341 e. The summed E-state index contributed by atoms with van der Waals surface area (Å²) in [6.07, 6.45) is 4.58. The van der Waals surface area contributed by atoms with Gasteiger partial charge in [0.15, 0.2) is 0 Å². The maximum atomic E-state index is 12.5. The van der Waals surface area contributed by atoms with Gasteiger partial charge in [0.1, 0.15) is 0 Å². The fraction of sp³-hybridized carbons (Fsp3) is 0.933. The molecule has 0 saturated carbocycles. The highest BCUT2D eigenvalue weighted by Gasteiger charge is 2.29. The summed E-state index contributed by atoms with van der Waals surface area (Å²) in [5.41, 5.74) is 0. The first-order chi connectivity index (χ1) is 8.62. The van der Waals surface area contributed by atoms with Crippen molar-refractivity contribution < 1.29 is 4.79 Å². The van der Waals surface area contributed by atoms with Crippen LogP contribution in [0, 0.1) is 11.8 Å². The van der Waals surface area contributed by atoms with Crippen LogP contribution < -0.4 is 5.32 Å². The lowest BCUT2D eigenvalue weighted by atomic mass is 9.89. The average molecular weight is 254 g/mol. The van der Waals surface area contributed by atoms with Gasteiger partial charge < -0.3 is 10.2 Å². The number of piperidine rings is 1. The third-order valence-electron chi connectivity index (χ3n) is 4.31. The van der Waals surface area contributed by atoms with Crippen molar-refractivity contribution >= 4 is 5.91 Å². The number of likely N-dealkylation sites (N-methyl/N-ethyl adjacent to an activating group) is 1. The molecule has 18 heavy (non-hydrogen) atoms. The smallest absolute Gasteiger partial charge is 0.239 e. The molecule has 1 fully saturated rings. The Labute approximate surface area is 112 Å². The number of nitrogens with zero attached hydrogens (tertiary/aromatic N) is 1. The van der Waals surface area contributed by atoms with E-state index in [1.54, 1.807) is 0 Å². The van der Waals surface area contributed by atoms with Gasteiger partial charge in [0.05, 0.1) is 6.04 Å². The topological polar surface area (TPSA) is 32.3 Å². The van der Waals surface area contributed by atoms with Gasteiger partial charge in [-0.15, -0.1) is 0 Å². The van der Waals surface area contributed by atoms with Crippen molar-refractivity contribution in [1.29, 1.82) is 0 Å². The van der Waals surface area contributed by atoms with Gasteiger partial charge in [0, 0.05) is 13.1 Å². The van der Waals surface area contributed by atoms with Crippen molar-refractivity contribution in [2.75, 3.05) is 19.6 Å². The van der Waals surface area contributed by atoms with Gasteiger partial charge in [-0.05, 0) is 38.1 Å². The second kappa shape index (κ2) is 7.78. The van der Waals surface area contributed by atoms with Crippen LogP contribution in [0.2, 0.25) is 0 Å². The van der Waals surface area contributed by atoms with E-state index in [1.807, 2.05) is 4.90 Å². The van der Waals surface area contributed by atoms with Crippen LogP contribution in [-0.2, 0) is 4.79 Å². The molecular weight excluding hydrogens is 224 g/mol. The Morgan fingerprint density at radius 3 is 2.67 bits per heavy atom. The van der Waals surface area contributed by atoms with Crippen molar-refractivity contribution in [3.8, 4) is 0 Å². The van der Waals surface area contributed by atoms with Gasteiger partial charge in [0.25, 0.3) is 0 Å². The maximum Gasteiger partial charge on any atom is 0.239 e. The standard InChI is InChI=1S/C15H30N2O/c1-5-12(4)11-17(7-3)15(18)14-10-13(6-2)8-9-16-14/h12-14,16H,5-11H2,1-4H3. The van der Waals surface area contributed by atoms with E-state index >= 15 is 0 Å². The molecule has 1 N–H and O–H groups in total. The predicted octanol–water partition coefficient (Wildman–Crippen LogP) is 2.66. The summed E-state index contributed by atoms with van der Waals surface area (Å²) in [6, 6.07) is 0.0627. The molecular formula is C15H30N2O. The Bertz CT molecular complexity index is 249. The summed E-state index contributed by atoms with van der Waals surface area (Å²) in [4.78, 5) is 14.5. The number of hydrogen-bond donors (Lipinski definition) is 1. The van der Waals surface area contributed by atoms with E-state index in [2.05, 4.69) is 33.0 Å². The van der Waals surface area contributed by atoms with Gasteiger partial charge >= 0.3 is 0 Å². The van der Waals surface area contributed by atoms with Gasteiger partial charge in [-0.2, -0.15) is 0 Å². The molecule has 106 valence electrons. The van der Waals surface area contributed by atoms with Crippen LogP contribution in [0.5, 0.6) is 0 Å². The molecule has 0 bridgehead atoms. The molecule has 0 aliphatic carbocycles. The SMILES string of the molecule is CCC(C)CN(CC)C(=O)C1CC(CC)CCN1. The molecule has 0 aromatic rings. The summed E-state index contributed by atoms with van der Waals surface area (Å²) in [7, 11) is 0. The molecule has 1 heterocycles. The van der Waals surface area contributed by atoms with Gasteiger partial charge in [-0.3, -0.25) is 4.79 Å². The quantitative estimate of drug-likeness (QED) is 0.790. The van der Waals surface area contributed by atoms with Crippen molar-refractivity contribution in [2.24, 2.45) is 11.8 Å². The highest BCUT2D eigenvalue weighted by Crippen LogP contribution is 2.20. The molecule has 0 aromatic carbocycles. The molecule has 0 aromatic heterocycles. The molecule has 1 rings (SSSR count). The number of rotatable bonds is 6. The van der Waals surface area contributed by atoms with E-state index in [0.717, 1.165) is 38.4 Å². The third-order valence-corrected chi connectivity index (χ3v) is 4.31. The minimum absolute atomic E-state index is 0.0627. The molecule has 0 radical (unpaired) electrons. The second-order valence-corrected chi connectivity index (χ2v) is 5.70. The van der Waals surface area contributed by atoms with Crippen molar-refractivity contribution in [2.45, 2.75) is 59.4 Å². The number of nitrogens with one attached hydrogen (secondary N) is 1. The molecule has 3 unspecified atom stereocenters. The number of hydrogen-bond acceptors (Lipinski definition) is 2. The Hall–Kier alpha value is -0.570. The molecule has 1 amide bonds. The summed E-state index contributed by atoms with van der Waals surface area (Å²) in [6.45, 7) is 11.5. The Morgan fingerprint density at radius 2 is 2.11 bits per heavy atom. The van der Waals surface area contributed by atoms with Crippen LogP contribution in [0.1, 0.15) is 53.4 Å². The summed E-state index contributed by atoms with van der Waals surface area (Å²) < 4.78 is 0. The normalized spacial score (nSPS) is 25.8. The first kappa shape index (κ1) is 15.5. The van der Waals surface area contributed by atoms with Crippen LogP contribution in [0.15, 0.2) is 0 Å². The number of amides is 1. The molecule has 3 heteroatoms. The van der Waals surface area contributed by atoms with Crippen LogP contribution in [0.4, 0.5) is 0 Å². The van der Waals surface area contributed by atoms with Crippen LogP contribution in [0.3, 0.4) is 0 Å². The van der Waals surface area contributed by atoms with E-state index in [1.165, 1.54) is 12.8 Å². The number of carbonyl (C=O) groups excluding carboxylic acids is 1. The van der Waals surface area contributed by atoms with E-state index in [4.69, 9.17) is 0 Å². The van der Waals surface area contributed by atoms with E-state index in [9.17, 15) is 4.79 Å². The Morgan fingerprint density at radius 1 is 1.39 bits per heavy atom. The molecule has 3 nitrogen and oxygen atoms in total. The lowest BCUT2D eigenvalue weighted by Crippen LogP contribution is -2.51. The Balaban J connectivity index is 2.54. The fourth-order valence-electron chi connectivity index (χ4n) is 2.66.